The zero-order valence-electron chi connectivity index (χ0n) is 11.2. The van der Waals surface area contributed by atoms with Crippen molar-refractivity contribution in [3.8, 4) is 5.75 Å². The smallest absolute Gasteiger partial charge is 0.128 e. The number of alkyl halides is 1. The molecule has 0 aromatic heterocycles. The second-order valence-corrected chi connectivity index (χ2v) is 5.64. The van der Waals surface area contributed by atoms with Crippen molar-refractivity contribution in [2.45, 2.75) is 25.3 Å². The monoisotopic (exact) mass is 312 g/mol. The number of ether oxygens (including phenoxy) is 1. The molecule has 0 saturated heterocycles. The molecule has 0 aliphatic carbocycles. The minimum absolute atomic E-state index is 0.109. The molecule has 0 aliphatic heterocycles. The topological polar surface area (TPSA) is 9.23 Å². The quantitative estimate of drug-likeness (QED) is 0.668. The molecule has 0 bridgehead atoms. The Balaban J connectivity index is 2.24. The summed E-state index contributed by atoms with van der Waals surface area (Å²) in [6, 6.07) is 11.7. The minimum atomic E-state index is -0.582. The number of hydrogen-bond donors (Lipinski definition) is 0. The second-order valence-electron chi connectivity index (χ2n) is 4.76. The van der Waals surface area contributed by atoms with Gasteiger partial charge in [-0.15, -0.1) is 11.6 Å². The zero-order chi connectivity index (χ0) is 14.7. The van der Waals surface area contributed by atoms with E-state index < -0.39 is 5.38 Å². The van der Waals surface area contributed by atoms with Gasteiger partial charge in [-0.3, -0.25) is 0 Å². The second kappa shape index (κ2) is 6.47. The summed E-state index contributed by atoms with van der Waals surface area (Å²) in [5.41, 5.74) is 1.17. The van der Waals surface area contributed by atoms with Crippen molar-refractivity contribution in [2.24, 2.45) is 0 Å². The van der Waals surface area contributed by atoms with E-state index in [1.807, 2.05) is 38.1 Å². The van der Waals surface area contributed by atoms with Crippen LogP contribution in [-0.2, 0) is 0 Å². The van der Waals surface area contributed by atoms with Crippen LogP contribution in [0.15, 0.2) is 42.5 Å². The average Bonchev–Trinajstić information content (AvgIpc) is 2.41. The summed E-state index contributed by atoms with van der Waals surface area (Å²) in [4.78, 5) is 0. The Labute approximate surface area is 128 Å². The van der Waals surface area contributed by atoms with Crippen LogP contribution in [0, 0.1) is 5.82 Å². The van der Waals surface area contributed by atoms with Gasteiger partial charge in [-0.2, -0.15) is 0 Å². The van der Waals surface area contributed by atoms with Crippen LogP contribution in [0.5, 0.6) is 5.75 Å². The van der Waals surface area contributed by atoms with Gasteiger partial charge in [0.05, 0.1) is 11.5 Å². The summed E-state index contributed by atoms with van der Waals surface area (Å²) < 4.78 is 19.3. The van der Waals surface area contributed by atoms with Gasteiger partial charge in [0, 0.05) is 10.6 Å². The first-order valence-electron chi connectivity index (χ1n) is 6.33. The fourth-order valence-electron chi connectivity index (χ4n) is 1.88. The zero-order valence-corrected chi connectivity index (χ0v) is 12.8. The fraction of sp³-hybridized carbons (Fsp3) is 0.250. The molecule has 106 valence electrons. The average molecular weight is 313 g/mol. The maximum atomic E-state index is 13.8. The van der Waals surface area contributed by atoms with E-state index in [0.29, 0.717) is 10.6 Å². The largest absolute Gasteiger partial charge is 0.491 e. The molecule has 1 unspecified atom stereocenters. The Hall–Kier alpha value is -1.25. The molecule has 2 aromatic rings. The summed E-state index contributed by atoms with van der Waals surface area (Å²) in [7, 11) is 0. The Morgan fingerprint density at radius 1 is 1.05 bits per heavy atom. The van der Waals surface area contributed by atoms with Crippen LogP contribution in [0.4, 0.5) is 4.39 Å². The first kappa shape index (κ1) is 15.1. The van der Waals surface area contributed by atoms with Gasteiger partial charge < -0.3 is 4.74 Å². The van der Waals surface area contributed by atoms with E-state index in [-0.39, 0.29) is 11.9 Å². The number of rotatable bonds is 4. The lowest BCUT2D eigenvalue weighted by Gasteiger charge is -2.14. The van der Waals surface area contributed by atoms with Crippen LogP contribution in [-0.4, -0.2) is 6.10 Å². The molecule has 0 N–H and O–H groups in total. The molecule has 4 heteroatoms. The Morgan fingerprint density at radius 3 is 2.30 bits per heavy atom. The molecule has 0 spiro atoms. The highest BCUT2D eigenvalue weighted by Gasteiger charge is 2.16. The highest BCUT2D eigenvalue weighted by atomic mass is 35.5. The molecule has 2 rings (SSSR count). The number of benzene rings is 2. The van der Waals surface area contributed by atoms with E-state index in [2.05, 4.69) is 0 Å². The normalized spacial score (nSPS) is 12.5. The first-order valence-corrected chi connectivity index (χ1v) is 7.14. The van der Waals surface area contributed by atoms with Gasteiger partial charge in [0.25, 0.3) is 0 Å². The molecule has 2 aromatic carbocycles. The summed E-state index contributed by atoms with van der Waals surface area (Å²) in [5, 5.41) is -0.117. The predicted molar refractivity (Wildman–Crippen MR) is 81.3 cm³/mol. The third-order valence-corrected chi connectivity index (χ3v) is 3.50. The van der Waals surface area contributed by atoms with E-state index in [1.54, 1.807) is 6.07 Å². The molecule has 1 atom stereocenters. The van der Waals surface area contributed by atoms with Crippen LogP contribution < -0.4 is 4.74 Å². The van der Waals surface area contributed by atoms with Gasteiger partial charge in [-0.05, 0) is 49.7 Å². The third kappa shape index (κ3) is 3.65. The van der Waals surface area contributed by atoms with Crippen molar-refractivity contribution in [1.29, 1.82) is 0 Å². The van der Waals surface area contributed by atoms with Crippen molar-refractivity contribution in [3.63, 3.8) is 0 Å². The van der Waals surface area contributed by atoms with Gasteiger partial charge in [0.1, 0.15) is 11.6 Å². The van der Waals surface area contributed by atoms with Gasteiger partial charge >= 0.3 is 0 Å². The molecular formula is C16H15Cl2FO. The lowest BCUT2D eigenvalue weighted by Crippen LogP contribution is -2.05. The Morgan fingerprint density at radius 2 is 1.70 bits per heavy atom. The van der Waals surface area contributed by atoms with Gasteiger partial charge in [0.2, 0.25) is 0 Å². The maximum absolute atomic E-state index is 13.8. The lowest BCUT2D eigenvalue weighted by molar-refractivity contribution is 0.242. The summed E-state index contributed by atoms with van der Waals surface area (Å²) in [6.45, 7) is 3.92. The Bertz CT molecular complexity index is 582. The van der Waals surface area contributed by atoms with Crippen molar-refractivity contribution in [3.05, 3.63) is 64.4 Å². The van der Waals surface area contributed by atoms with Crippen molar-refractivity contribution >= 4 is 23.2 Å². The molecule has 1 nitrogen and oxygen atoms in total. The molecule has 0 saturated carbocycles. The van der Waals surface area contributed by atoms with Crippen LogP contribution in [0.1, 0.15) is 30.4 Å². The number of hydrogen-bond acceptors (Lipinski definition) is 1. The Kier molecular flexibility index (Phi) is 4.90. The minimum Gasteiger partial charge on any atom is -0.491 e. The molecule has 0 fully saturated rings. The predicted octanol–water partition coefficient (Wildman–Crippen LogP) is 5.59. The van der Waals surface area contributed by atoms with Gasteiger partial charge in [-0.25, -0.2) is 4.39 Å². The molecular weight excluding hydrogens is 298 g/mol. The maximum Gasteiger partial charge on any atom is 0.128 e. The van der Waals surface area contributed by atoms with Crippen LogP contribution in [0.3, 0.4) is 0 Å². The van der Waals surface area contributed by atoms with E-state index in [9.17, 15) is 4.39 Å². The van der Waals surface area contributed by atoms with Gasteiger partial charge in [-0.1, -0.05) is 23.7 Å². The molecule has 20 heavy (non-hydrogen) atoms. The molecule has 0 radical (unpaired) electrons. The van der Waals surface area contributed by atoms with E-state index >= 15 is 0 Å². The van der Waals surface area contributed by atoms with Crippen molar-refractivity contribution < 1.29 is 9.13 Å². The van der Waals surface area contributed by atoms with E-state index in [1.165, 1.54) is 12.1 Å². The highest BCUT2D eigenvalue weighted by molar-refractivity contribution is 6.30. The third-order valence-electron chi connectivity index (χ3n) is 2.78. The lowest BCUT2D eigenvalue weighted by atomic mass is 10.0. The SMILES string of the molecule is CC(C)Oc1ccc(C(Cl)c2cc(Cl)ccc2F)cc1. The van der Waals surface area contributed by atoms with Crippen LogP contribution in [0.25, 0.3) is 0 Å². The summed E-state index contributed by atoms with van der Waals surface area (Å²) in [6.07, 6.45) is 0.109. The van der Waals surface area contributed by atoms with E-state index in [4.69, 9.17) is 27.9 Å². The fourth-order valence-corrected chi connectivity index (χ4v) is 2.37. The molecule has 0 heterocycles. The molecule has 0 aliphatic rings. The number of halogens is 3. The summed E-state index contributed by atoms with van der Waals surface area (Å²) in [5.74, 6) is 0.399. The van der Waals surface area contributed by atoms with E-state index in [0.717, 1.165) is 11.3 Å². The first-order chi connectivity index (χ1) is 9.47. The van der Waals surface area contributed by atoms with Crippen molar-refractivity contribution in [1.82, 2.24) is 0 Å². The molecule has 0 amide bonds. The summed E-state index contributed by atoms with van der Waals surface area (Å²) >= 11 is 12.2. The van der Waals surface area contributed by atoms with Crippen LogP contribution >= 0.6 is 23.2 Å². The highest BCUT2D eigenvalue weighted by Crippen LogP contribution is 2.33. The van der Waals surface area contributed by atoms with Crippen LogP contribution in [0.2, 0.25) is 5.02 Å². The standard InChI is InChI=1S/C16H15Cl2FO/c1-10(2)20-13-6-3-11(4-7-13)16(18)14-9-12(17)5-8-15(14)19/h3-10,16H,1-2H3. The van der Waals surface area contributed by atoms with Crippen molar-refractivity contribution in [2.75, 3.05) is 0 Å². The van der Waals surface area contributed by atoms with Gasteiger partial charge in [0.15, 0.2) is 0 Å².